The molecule has 2 aliphatic rings. The van der Waals surface area contributed by atoms with Gasteiger partial charge in [-0.05, 0) is 55.4 Å². The molecule has 0 radical (unpaired) electrons. The van der Waals surface area contributed by atoms with Crippen LogP contribution in [0.25, 0.3) is 0 Å². The topological polar surface area (TPSA) is 52.6 Å². The molecule has 2 fully saturated rings. The van der Waals surface area contributed by atoms with Crippen LogP contribution in [0.3, 0.4) is 0 Å². The maximum Gasteiger partial charge on any atom is 0.324 e. The van der Waals surface area contributed by atoms with Gasteiger partial charge < -0.3 is 9.47 Å². The largest absolute Gasteiger partial charge is 0.465 e. The minimum Gasteiger partial charge on any atom is -0.465 e. The van der Waals surface area contributed by atoms with Crippen LogP contribution in [0.4, 0.5) is 0 Å². The van der Waals surface area contributed by atoms with E-state index in [4.69, 9.17) is 9.47 Å². The lowest BCUT2D eigenvalue weighted by Gasteiger charge is -2.45. The third-order valence-electron chi connectivity index (χ3n) is 7.31. The molecule has 0 unspecified atom stereocenters. The Labute approximate surface area is 188 Å². The molecule has 1 aromatic carbocycles. The molecule has 3 rings (SSSR count). The molecule has 0 heterocycles. The first-order valence-corrected chi connectivity index (χ1v) is 12.4. The van der Waals surface area contributed by atoms with Crippen molar-refractivity contribution >= 4 is 11.9 Å². The fourth-order valence-corrected chi connectivity index (χ4v) is 5.55. The zero-order valence-electron chi connectivity index (χ0n) is 19.4. The van der Waals surface area contributed by atoms with Gasteiger partial charge in [-0.25, -0.2) is 0 Å². The van der Waals surface area contributed by atoms with Crippen molar-refractivity contribution in [1.29, 1.82) is 0 Å². The summed E-state index contributed by atoms with van der Waals surface area (Å²) in [5.74, 6) is -0.148. The van der Waals surface area contributed by atoms with Gasteiger partial charge in [-0.1, -0.05) is 82.7 Å². The van der Waals surface area contributed by atoms with Crippen molar-refractivity contribution in [1.82, 2.24) is 0 Å². The number of rotatable bonds is 9. The van der Waals surface area contributed by atoms with Crippen LogP contribution in [0, 0.1) is 23.2 Å². The molecule has 1 aromatic rings. The molecule has 0 spiro atoms. The first-order chi connectivity index (χ1) is 15.0. The van der Waals surface area contributed by atoms with E-state index in [1.807, 2.05) is 30.3 Å². The third kappa shape index (κ3) is 5.90. The van der Waals surface area contributed by atoms with Crippen LogP contribution in [0.5, 0.6) is 0 Å². The van der Waals surface area contributed by atoms with Gasteiger partial charge in [0.25, 0.3) is 0 Å². The summed E-state index contributed by atoms with van der Waals surface area (Å²) in [6.07, 6.45) is 11.1. The number of benzene rings is 1. The summed E-state index contributed by atoms with van der Waals surface area (Å²) in [7, 11) is 0. The smallest absolute Gasteiger partial charge is 0.324 e. The summed E-state index contributed by atoms with van der Waals surface area (Å²) in [5.41, 5.74) is -0.197. The SMILES string of the molecule is CC(C)CCOC(=O)C(C(=O)OCc1ccccc1)(C1CCCCC1)C1CCCCC1. The molecule has 0 aliphatic heterocycles. The minimum atomic E-state index is -1.15. The maximum absolute atomic E-state index is 13.9. The van der Waals surface area contributed by atoms with E-state index < -0.39 is 5.41 Å². The monoisotopic (exact) mass is 428 g/mol. The van der Waals surface area contributed by atoms with Gasteiger partial charge in [0.15, 0.2) is 5.41 Å². The predicted molar refractivity (Wildman–Crippen MR) is 122 cm³/mol. The van der Waals surface area contributed by atoms with Crippen molar-refractivity contribution in [2.75, 3.05) is 6.61 Å². The summed E-state index contributed by atoms with van der Waals surface area (Å²) in [5, 5.41) is 0. The second-order valence-corrected chi connectivity index (χ2v) is 9.92. The highest BCUT2D eigenvalue weighted by atomic mass is 16.6. The molecule has 0 atom stereocenters. The summed E-state index contributed by atoms with van der Waals surface area (Å²) >= 11 is 0. The summed E-state index contributed by atoms with van der Waals surface area (Å²) in [4.78, 5) is 27.6. The molecule has 2 saturated carbocycles. The second kappa shape index (κ2) is 11.7. The van der Waals surface area contributed by atoms with Gasteiger partial charge in [-0.3, -0.25) is 9.59 Å². The highest BCUT2D eigenvalue weighted by molar-refractivity contribution is 6.01. The Hall–Kier alpha value is -1.84. The van der Waals surface area contributed by atoms with Crippen molar-refractivity contribution in [3.63, 3.8) is 0 Å². The highest BCUT2D eigenvalue weighted by Crippen LogP contribution is 2.51. The van der Waals surface area contributed by atoms with Crippen LogP contribution in [0.15, 0.2) is 30.3 Å². The Kier molecular flexibility index (Phi) is 8.98. The second-order valence-electron chi connectivity index (χ2n) is 9.92. The summed E-state index contributed by atoms with van der Waals surface area (Å²) in [6.45, 7) is 4.83. The van der Waals surface area contributed by atoms with E-state index in [1.165, 1.54) is 12.8 Å². The molecule has 31 heavy (non-hydrogen) atoms. The van der Waals surface area contributed by atoms with Crippen LogP contribution >= 0.6 is 0 Å². The molecule has 4 heteroatoms. The van der Waals surface area contributed by atoms with Crippen molar-refractivity contribution in [3.8, 4) is 0 Å². The zero-order valence-corrected chi connectivity index (χ0v) is 19.4. The van der Waals surface area contributed by atoms with Crippen LogP contribution in [0.2, 0.25) is 0 Å². The Bertz CT molecular complexity index is 666. The van der Waals surface area contributed by atoms with Crippen molar-refractivity contribution in [2.24, 2.45) is 23.2 Å². The van der Waals surface area contributed by atoms with E-state index >= 15 is 0 Å². The average molecular weight is 429 g/mol. The number of carbonyl (C=O) groups excluding carboxylic acids is 2. The first-order valence-electron chi connectivity index (χ1n) is 12.4. The van der Waals surface area contributed by atoms with Crippen molar-refractivity contribution in [3.05, 3.63) is 35.9 Å². The quantitative estimate of drug-likeness (QED) is 0.334. The molecule has 0 bridgehead atoms. The van der Waals surface area contributed by atoms with Crippen LogP contribution < -0.4 is 0 Å². The predicted octanol–water partition coefficient (Wildman–Crippen LogP) is 6.47. The first kappa shape index (κ1) is 23.8. The lowest BCUT2D eigenvalue weighted by molar-refractivity contribution is -0.187. The lowest BCUT2D eigenvalue weighted by Crippen LogP contribution is -2.54. The Morgan fingerprint density at radius 1 is 0.839 bits per heavy atom. The zero-order chi connectivity index (χ0) is 22.1. The molecule has 4 nitrogen and oxygen atoms in total. The van der Waals surface area contributed by atoms with Gasteiger partial charge in [-0.2, -0.15) is 0 Å². The fraction of sp³-hybridized carbons (Fsp3) is 0.704. The van der Waals surface area contributed by atoms with Gasteiger partial charge >= 0.3 is 11.9 Å². The molecule has 0 amide bonds. The van der Waals surface area contributed by atoms with E-state index in [1.54, 1.807) is 0 Å². The van der Waals surface area contributed by atoms with Crippen LogP contribution in [-0.4, -0.2) is 18.5 Å². The Balaban J connectivity index is 1.89. The van der Waals surface area contributed by atoms with Crippen LogP contribution in [0.1, 0.15) is 90.0 Å². The fourth-order valence-electron chi connectivity index (χ4n) is 5.55. The normalized spacial score (nSPS) is 18.7. The molecular formula is C27H40O4. The number of hydrogen-bond donors (Lipinski definition) is 0. The van der Waals surface area contributed by atoms with Gasteiger partial charge in [-0.15, -0.1) is 0 Å². The third-order valence-corrected chi connectivity index (χ3v) is 7.31. The van der Waals surface area contributed by atoms with Gasteiger partial charge in [0, 0.05) is 0 Å². The van der Waals surface area contributed by atoms with Gasteiger partial charge in [0.05, 0.1) is 6.61 Å². The lowest BCUT2D eigenvalue weighted by atomic mass is 9.58. The number of esters is 2. The molecular weight excluding hydrogens is 388 g/mol. The Morgan fingerprint density at radius 3 is 1.87 bits per heavy atom. The van der Waals surface area contributed by atoms with Gasteiger partial charge in [0.2, 0.25) is 0 Å². The Morgan fingerprint density at radius 2 is 1.35 bits per heavy atom. The van der Waals surface area contributed by atoms with Crippen molar-refractivity contribution < 1.29 is 19.1 Å². The van der Waals surface area contributed by atoms with E-state index in [9.17, 15) is 9.59 Å². The number of carbonyl (C=O) groups is 2. The van der Waals surface area contributed by atoms with E-state index in [0.717, 1.165) is 63.4 Å². The van der Waals surface area contributed by atoms with E-state index in [2.05, 4.69) is 13.8 Å². The maximum atomic E-state index is 13.9. The summed E-state index contributed by atoms with van der Waals surface area (Å²) < 4.78 is 11.8. The molecule has 0 saturated heterocycles. The molecule has 2 aliphatic carbocycles. The highest BCUT2D eigenvalue weighted by Gasteiger charge is 2.59. The number of hydrogen-bond acceptors (Lipinski definition) is 4. The van der Waals surface area contributed by atoms with E-state index in [-0.39, 0.29) is 30.4 Å². The van der Waals surface area contributed by atoms with E-state index in [0.29, 0.717) is 12.5 Å². The average Bonchev–Trinajstić information content (AvgIpc) is 2.80. The minimum absolute atomic E-state index is 0.0270. The standard InChI is InChI=1S/C27H40O4/c1-21(2)18-19-30-25(28)27(23-14-8-4-9-15-23,24-16-10-5-11-17-24)26(29)31-20-22-12-6-3-7-13-22/h3,6-7,12-13,21,23-24H,4-5,8-11,14-20H2,1-2H3. The van der Waals surface area contributed by atoms with Gasteiger partial charge in [0.1, 0.15) is 6.61 Å². The molecule has 0 N–H and O–H groups in total. The molecule has 0 aromatic heterocycles. The summed E-state index contributed by atoms with van der Waals surface area (Å²) in [6, 6.07) is 9.75. The van der Waals surface area contributed by atoms with Crippen molar-refractivity contribution in [2.45, 2.75) is 91.1 Å². The number of ether oxygens (including phenoxy) is 2. The molecule has 172 valence electrons. The van der Waals surface area contributed by atoms with Crippen LogP contribution in [-0.2, 0) is 25.7 Å².